The first kappa shape index (κ1) is 18.9. The summed E-state index contributed by atoms with van der Waals surface area (Å²) < 4.78 is 9.91. The fourth-order valence-corrected chi connectivity index (χ4v) is 2.30. The van der Waals surface area contributed by atoms with Crippen LogP contribution in [0.3, 0.4) is 0 Å². The molecule has 0 aliphatic carbocycles. The van der Waals surface area contributed by atoms with Gasteiger partial charge in [0, 0.05) is 11.8 Å². The third kappa shape index (κ3) is 5.59. The zero-order valence-corrected chi connectivity index (χ0v) is 14.4. The lowest BCUT2D eigenvalue weighted by molar-refractivity contribution is -0.385. The van der Waals surface area contributed by atoms with E-state index in [0.29, 0.717) is 5.69 Å². The van der Waals surface area contributed by atoms with Crippen LogP contribution in [0.1, 0.15) is 11.1 Å². The average molecular weight is 358 g/mol. The molecular weight excluding hydrogens is 340 g/mol. The van der Waals surface area contributed by atoms with Gasteiger partial charge in [-0.15, -0.1) is 0 Å². The summed E-state index contributed by atoms with van der Waals surface area (Å²) in [6.07, 6.45) is 0. The van der Waals surface area contributed by atoms with Crippen LogP contribution in [0.5, 0.6) is 5.75 Å². The highest BCUT2D eigenvalue weighted by molar-refractivity contribution is 5.93. The maximum absolute atomic E-state index is 11.8. The number of nitrogens with zero attached hydrogens (tertiary/aromatic N) is 1. The third-order valence-corrected chi connectivity index (χ3v) is 3.28. The summed E-state index contributed by atoms with van der Waals surface area (Å²) in [6, 6.07) is 11.2. The van der Waals surface area contributed by atoms with E-state index in [0.717, 1.165) is 11.1 Å². The Morgan fingerprint density at radius 2 is 1.73 bits per heavy atom. The largest absolute Gasteiger partial charge is 0.475 e. The second-order valence-electron chi connectivity index (χ2n) is 5.60. The number of nitro groups is 1. The van der Waals surface area contributed by atoms with Crippen molar-refractivity contribution in [2.75, 3.05) is 18.5 Å². The first-order valence-corrected chi connectivity index (χ1v) is 7.75. The molecule has 0 bridgehead atoms. The van der Waals surface area contributed by atoms with Gasteiger partial charge >= 0.3 is 11.7 Å². The van der Waals surface area contributed by atoms with Gasteiger partial charge < -0.3 is 14.8 Å². The number of carbonyl (C=O) groups excluding carboxylic acids is 2. The fourth-order valence-electron chi connectivity index (χ4n) is 2.30. The van der Waals surface area contributed by atoms with Crippen LogP contribution in [0.4, 0.5) is 11.4 Å². The lowest BCUT2D eigenvalue weighted by atomic mass is 10.1. The summed E-state index contributed by atoms with van der Waals surface area (Å²) in [5.74, 6) is -1.35. The van der Waals surface area contributed by atoms with Gasteiger partial charge in [0.2, 0.25) is 0 Å². The van der Waals surface area contributed by atoms with Gasteiger partial charge in [0.25, 0.3) is 5.91 Å². The van der Waals surface area contributed by atoms with Crippen molar-refractivity contribution < 1.29 is 24.0 Å². The van der Waals surface area contributed by atoms with Gasteiger partial charge in [-0.2, -0.15) is 0 Å². The molecule has 0 unspecified atom stereocenters. The molecule has 136 valence electrons. The van der Waals surface area contributed by atoms with Crippen molar-refractivity contribution >= 4 is 23.3 Å². The molecule has 1 N–H and O–H groups in total. The van der Waals surface area contributed by atoms with Crippen LogP contribution in [0.25, 0.3) is 0 Å². The number of hydrogen-bond acceptors (Lipinski definition) is 6. The van der Waals surface area contributed by atoms with Crippen LogP contribution in [0.2, 0.25) is 0 Å². The van der Waals surface area contributed by atoms with Crippen molar-refractivity contribution in [2.24, 2.45) is 0 Å². The number of carbonyl (C=O) groups is 2. The highest BCUT2D eigenvalue weighted by Gasteiger charge is 2.16. The Hall–Kier alpha value is -3.42. The zero-order valence-electron chi connectivity index (χ0n) is 14.4. The minimum absolute atomic E-state index is 0.0471. The van der Waals surface area contributed by atoms with Crippen molar-refractivity contribution in [1.29, 1.82) is 0 Å². The minimum atomic E-state index is -0.807. The lowest BCUT2D eigenvalue weighted by Crippen LogP contribution is -2.23. The number of anilines is 1. The Kier molecular flexibility index (Phi) is 6.26. The number of amides is 1. The van der Waals surface area contributed by atoms with Gasteiger partial charge in [0.15, 0.2) is 19.0 Å². The monoisotopic (exact) mass is 358 g/mol. The third-order valence-electron chi connectivity index (χ3n) is 3.28. The van der Waals surface area contributed by atoms with Gasteiger partial charge in [0.05, 0.1) is 4.92 Å². The Morgan fingerprint density at radius 3 is 2.38 bits per heavy atom. The Labute approximate surface area is 149 Å². The van der Waals surface area contributed by atoms with Crippen LogP contribution in [-0.2, 0) is 14.3 Å². The smallest absolute Gasteiger partial charge is 0.344 e. The van der Waals surface area contributed by atoms with E-state index in [-0.39, 0.29) is 11.4 Å². The highest BCUT2D eigenvalue weighted by atomic mass is 16.6. The SMILES string of the molecule is Cc1cc(C)cc(NC(=O)COC(=O)COc2ccccc2[N+](=O)[O-])c1. The molecule has 0 fully saturated rings. The molecule has 2 aromatic rings. The predicted molar refractivity (Wildman–Crippen MR) is 94.1 cm³/mol. The van der Waals surface area contributed by atoms with Crippen LogP contribution in [0, 0.1) is 24.0 Å². The van der Waals surface area contributed by atoms with Gasteiger partial charge in [0.1, 0.15) is 0 Å². The summed E-state index contributed by atoms with van der Waals surface area (Å²) in [5.41, 5.74) is 2.35. The zero-order chi connectivity index (χ0) is 19.1. The number of para-hydroxylation sites is 2. The molecule has 2 aromatic carbocycles. The summed E-state index contributed by atoms with van der Waals surface area (Å²) in [4.78, 5) is 33.8. The number of esters is 1. The number of benzene rings is 2. The van der Waals surface area contributed by atoms with Crippen molar-refractivity contribution in [3.05, 3.63) is 63.7 Å². The number of nitro benzene ring substituents is 1. The maximum Gasteiger partial charge on any atom is 0.344 e. The average Bonchev–Trinajstić information content (AvgIpc) is 2.57. The van der Waals surface area contributed by atoms with Gasteiger partial charge in [-0.1, -0.05) is 18.2 Å². The van der Waals surface area contributed by atoms with E-state index in [2.05, 4.69) is 5.32 Å². The van der Waals surface area contributed by atoms with E-state index in [4.69, 9.17) is 9.47 Å². The molecule has 0 radical (unpaired) electrons. The number of aryl methyl sites for hydroxylation is 2. The summed E-state index contributed by atoms with van der Waals surface area (Å²) in [7, 11) is 0. The molecule has 8 nitrogen and oxygen atoms in total. The first-order chi connectivity index (χ1) is 12.3. The van der Waals surface area contributed by atoms with E-state index in [1.807, 2.05) is 19.9 Å². The van der Waals surface area contributed by atoms with E-state index in [1.165, 1.54) is 18.2 Å². The second kappa shape index (κ2) is 8.61. The van der Waals surface area contributed by atoms with Gasteiger partial charge in [-0.3, -0.25) is 14.9 Å². The van der Waals surface area contributed by atoms with Gasteiger partial charge in [-0.05, 0) is 43.2 Å². The standard InChI is InChI=1S/C18H18N2O6/c1-12-7-13(2)9-14(8-12)19-17(21)10-26-18(22)11-25-16-6-4-3-5-15(16)20(23)24/h3-9H,10-11H2,1-2H3,(H,19,21). The quantitative estimate of drug-likeness (QED) is 0.463. The van der Waals surface area contributed by atoms with Crippen LogP contribution >= 0.6 is 0 Å². The van der Waals surface area contributed by atoms with Crippen LogP contribution in [-0.4, -0.2) is 30.0 Å². The molecule has 0 spiro atoms. The summed E-state index contributed by atoms with van der Waals surface area (Å²) in [5, 5.41) is 13.5. The fraction of sp³-hybridized carbons (Fsp3) is 0.222. The molecule has 0 atom stereocenters. The molecule has 0 saturated heterocycles. The van der Waals surface area contributed by atoms with E-state index < -0.39 is 30.0 Å². The molecule has 0 aliphatic heterocycles. The van der Waals surface area contributed by atoms with Crippen LogP contribution in [0.15, 0.2) is 42.5 Å². The second-order valence-corrected chi connectivity index (χ2v) is 5.60. The summed E-state index contributed by atoms with van der Waals surface area (Å²) in [6.45, 7) is 2.79. The minimum Gasteiger partial charge on any atom is -0.475 e. The van der Waals surface area contributed by atoms with Crippen molar-refractivity contribution in [3.8, 4) is 5.75 Å². The topological polar surface area (TPSA) is 108 Å². The maximum atomic E-state index is 11.8. The molecule has 8 heteroatoms. The Balaban J connectivity index is 1.81. The molecule has 0 heterocycles. The van der Waals surface area contributed by atoms with Gasteiger partial charge in [-0.25, -0.2) is 4.79 Å². The Morgan fingerprint density at radius 1 is 1.08 bits per heavy atom. The molecule has 0 aromatic heterocycles. The van der Waals surface area contributed by atoms with E-state index in [9.17, 15) is 19.7 Å². The van der Waals surface area contributed by atoms with Crippen molar-refractivity contribution in [3.63, 3.8) is 0 Å². The van der Waals surface area contributed by atoms with Crippen molar-refractivity contribution in [1.82, 2.24) is 0 Å². The van der Waals surface area contributed by atoms with Crippen molar-refractivity contribution in [2.45, 2.75) is 13.8 Å². The highest BCUT2D eigenvalue weighted by Crippen LogP contribution is 2.25. The van der Waals surface area contributed by atoms with E-state index >= 15 is 0 Å². The molecule has 0 aliphatic rings. The van der Waals surface area contributed by atoms with Crippen LogP contribution < -0.4 is 10.1 Å². The number of rotatable bonds is 7. The lowest BCUT2D eigenvalue weighted by Gasteiger charge is -2.09. The number of hydrogen-bond donors (Lipinski definition) is 1. The molecule has 26 heavy (non-hydrogen) atoms. The molecule has 1 amide bonds. The van der Waals surface area contributed by atoms with E-state index in [1.54, 1.807) is 18.2 Å². The molecule has 0 saturated carbocycles. The summed E-state index contributed by atoms with van der Waals surface area (Å²) >= 11 is 0. The normalized spacial score (nSPS) is 10.1. The number of ether oxygens (including phenoxy) is 2. The molecule has 2 rings (SSSR count). The Bertz CT molecular complexity index is 814. The number of nitrogens with one attached hydrogen (secondary N) is 1. The first-order valence-electron chi connectivity index (χ1n) is 7.75. The predicted octanol–water partition coefficient (Wildman–Crippen LogP) is 2.77. The molecular formula is C18H18N2O6.